The zero-order chi connectivity index (χ0) is 15.7. The summed E-state index contributed by atoms with van der Waals surface area (Å²) in [5, 5.41) is 40.1. The van der Waals surface area contributed by atoms with Gasteiger partial charge in [0.2, 0.25) is 5.75 Å². The number of hydrogen-bond donors (Lipinski definition) is 2. The van der Waals surface area contributed by atoms with E-state index in [4.69, 9.17) is 0 Å². The molecule has 0 unspecified atom stereocenters. The summed E-state index contributed by atoms with van der Waals surface area (Å²) in [6, 6.07) is 1.62. The molecule has 0 spiro atoms. The number of ketones is 1. The lowest BCUT2D eigenvalue weighted by atomic mass is 9.85. The Kier molecular flexibility index (Phi) is 3.97. The smallest absolute Gasteiger partial charge is 0.315 e. The number of Topliss-reactive ketones (excluding diaryl/α,β-unsaturated/α-hetero) is 1. The third-order valence-corrected chi connectivity index (χ3v) is 2.74. The molecule has 0 aliphatic carbocycles. The van der Waals surface area contributed by atoms with Gasteiger partial charge in [-0.1, -0.05) is 13.8 Å². The molecule has 0 aliphatic heterocycles. The van der Waals surface area contributed by atoms with Gasteiger partial charge in [-0.25, -0.2) is 0 Å². The van der Waals surface area contributed by atoms with Gasteiger partial charge in [0.1, 0.15) is 0 Å². The number of phenolic OH excluding ortho intramolecular Hbond substituents is 2. The number of benzene rings is 1. The average molecular weight is 282 g/mol. The molecule has 0 radical (unpaired) electrons. The van der Waals surface area contributed by atoms with Crippen molar-refractivity contribution in [1.82, 2.24) is 0 Å². The van der Waals surface area contributed by atoms with Crippen molar-refractivity contribution in [1.29, 1.82) is 0 Å². The fourth-order valence-electron chi connectivity index (χ4n) is 1.48. The standard InChI is InChI=1S/C12H13NO7/c1-12(2,11(17)18)5-9(15)6-3-7(13(19)20)10(16)8(14)4-6/h3-4,14,16H,5H2,1-2H3,(H,17,18)/p-1. The Morgan fingerprint density at radius 3 is 2.30 bits per heavy atom. The van der Waals surface area contributed by atoms with Crippen LogP contribution in [-0.4, -0.2) is 26.9 Å². The van der Waals surface area contributed by atoms with E-state index in [0.29, 0.717) is 0 Å². The number of nitrogens with zero attached hydrogens (tertiary/aromatic N) is 1. The van der Waals surface area contributed by atoms with Gasteiger partial charge in [0.25, 0.3) is 0 Å². The second-order valence-corrected chi connectivity index (χ2v) is 4.89. The number of nitro groups is 1. The first-order valence-electron chi connectivity index (χ1n) is 5.51. The van der Waals surface area contributed by atoms with Gasteiger partial charge in [0.05, 0.1) is 4.92 Å². The quantitative estimate of drug-likeness (QED) is 0.343. The maximum Gasteiger partial charge on any atom is 0.315 e. The second kappa shape index (κ2) is 5.16. The summed E-state index contributed by atoms with van der Waals surface area (Å²) in [5.74, 6) is -3.94. The lowest BCUT2D eigenvalue weighted by Crippen LogP contribution is -2.39. The molecule has 8 nitrogen and oxygen atoms in total. The van der Waals surface area contributed by atoms with Crippen molar-refractivity contribution in [3.05, 3.63) is 27.8 Å². The van der Waals surface area contributed by atoms with Gasteiger partial charge in [-0.05, 0) is 6.07 Å². The van der Waals surface area contributed by atoms with Crippen molar-refractivity contribution in [3.8, 4) is 11.5 Å². The third kappa shape index (κ3) is 3.02. The van der Waals surface area contributed by atoms with Crippen LogP contribution >= 0.6 is 0 Å². The van der Waals surface area contributed by atoms with Crippen LogP contribution in [0.4, 0.5) is 5.69 Å². The first-order chi connectivity index (χ1) is 9.06. The Morgan fingerprint density at radius 2 is 1.85 bits per heavy atom. The predicted octanol–water partition coefficient (Wildman–Crippen LogP) is 0.355. The van der Waals surface area contributed by atoms with E-state index in [2.05, 4.69) is 0 Å². The minimum absolute atomic E-state index is 0.263. The molecule has 0 heterocycles. The van der Waals surface area contributed by atoms with E-state index in [1.54, 1.807) is 0 Å². The highest BCUT2D eigenvalue weighted by Crippen LogP contribution is 2.37. The summed E-state index contributed by atoms with van der Waals surface area (Å²) >= 11 is 0. The molecular formula is C12H12NO7-. The van der Waals surface area contributed by atoms with Gasteiger partial charge in [-0.3, -0.25) is 14.9 Å². The molecule has 0 saturated heterocycles. The van der Waals surface area contributed by atoms with Crippen LogP contribution in [0.5, 0.6) is 11.5 Å². The van der Waals surface area contributed by atoms with Crippen molar-refractivity contribution in [2.45, 2.75) is 20.3 Å². The van der Waals surface area contributed by atoms with E-state index >= 15 is 0 Å². The lowest BCUT2D eigenvalue weighted by Gasteiger charge is -2.24. The third-order valence-electron chi connectivity index (χ3n) is 2.74. The number of nitro benzene ring substituents is 1. The Labute approximate surface area is 113 Å². The van der Waals surface area contributed by atoms with E-state index in [9.17, 15) is 35.0 Å². The Bertz CT molecular complexity index is 592. The molecule has 1 rings (SSSR count). The molecular weight excluding hydrogens is 270 g/mol. The number of carboxylic acid groups (broad SMARTS) is 1. The molecule has 0 saturated carbocycles. The van der Waals surface area contributed by atoms with E-state index in [1.807, 2.05) is 0 Å². The van der Waals surface area contributed by atoms with Crippen LogP contribution in [0.15, 0.2) is 12.1 Å². The molecule has 0 fully saturated rings. The number of carbonyl (C=O) groups excluding carboxylic acids is 2. The van der Waals surface area contributed by atoms with E-state index in [1.165, 1.54) is 13.8 Å². The van der Waals surface area contributed by atoms with Crippen molar-refractivity contribution in [2.75, 3.05) is 0 Å². The van der Waals surface area contributed by atoms with Crippen LogP contribution in [0.25, 0.3) is 0 Å². The first kappa shape index (κ1) is 15.4. The number of rotatable bonds is 5. The molecule has 1 aromatic carbocycles. The van der Waals surface area contributed by atoms with Gasteiger partial charge >= 0.3 is 5.69 Å². The molecule has 0 bridgehead atoms. The summed E-state index contributed by atoms with van der Waals surface area (Å²) in [4.78, 5) is 32.4. The highest BCUT2D eigenvalue weighted by atomic mass is 16.6. The Hall–Kier alpha value is -2.64. The summed E-state index contributed by atoms with van der Waals surface area (Å²) in [6.07, 6.45) is -0.462. The molecule has 2 N–H and O–H groups in total. The maximum absolute atomic E-state index is 11.9. The Morgan fingerprint density at radius 1 is 1.30 bits per heavy atom. The van der Waals surface area contributed by atoms with E-state index in [-0.39, 0.29) is 5.56 Å². The highest BCUT2D eigenvalue weighted by Gasteiger charge is 2.27. The molecule has 0 amide bonds. The fraction of sp³-hybridized carbons (Fsp3) is 0.333. The summed E-state index contributed by atoms with van der Waals surface area (Å²) in [7, 11) is 0. The van der Waals surface area contributed by atoms with Crippen LogP contribution in [-0.2, 0) is 4.79 Å². The maximum atomic E-state index is 11.9. The number of aromatic hydroxyl groups is 2. The number of aliphatic carboxylic acids is 1. The predicted molar refractivity (Wildman–Crippen MR) is 64.2 cm³/mol. The second-order valence-electron chi connectivity index (χ2n) is 4.89. The topological polar surface area (TPSA) is 141 Å². The largest absolute Gasteiger partial charge is 0.550 e. The molecule has 20 heavy (non-hydrogen) atoms. The first-order valence-corrected chi connectivity index (χ1v) is 5.51. The van der Waals surface area contributed by atoms with Crippen LogP contribution in [0, 0.1) is 15.5 Å². The minimum Gasteiger partial charge on any atom is -0.550 e. The minimum atomic E-state index is -1.46. The van der Waals surface area contributed by atoms with Crippen LogP contribution in [0.2, 0.25) is 0 Å². The molecule has 108 valence electrons. The molecule has 0 aromatic heterocycles. The Balaban J connectivity index is 3.18. The summed E-state index contributed by atoms with van der Waals surface area (Å²) in [6.45, 7) is 2.55. The van der Waals surface area contributed by atoms with Crippen LogP contribution in [0.1, 0.15) is 30.6 Å². The molecule has 1 aromatic rings. The average Bonchev–Trinajstić information content (AvgIpc) is 2.31. The highest BCUT2D eigenvalue weighted by molar-refractivity contribution is 5.99. The van der Waals surface area contributed by atoms with Crippen LogP contribution in [0.3, 0.4) is 0 Å². The molecule has 0 atom stereocenters. The van der Waals surface area contributed by atoms with E-state index in [0.717, 1.165) is 12.1 Å². The van der Waals surface area contributed by atoms with Gasteiger partial charge in [-0.2, -0.15) is 0 Å². The van der Waals surface area contributed by atoms with Crippen molar-refractivity contribution >= 4 is 17.4 Å². The number of hydrogen-bond acceptors (Lipinski definition) is 7. The van der Waals surface area contributed by atoms with E-state index < -0.39 is 45.7 Å². The molecule has 8 heteroatoms. The van der Waals surface area contributed by atoms with Gasteiger partial charge in [0.15, 0.2) is 11.5 Å². The summed E-state index contributed by atoms with van der Waals surface area (Å²) in [5.41, 5.74) is -2.56. The van der Waals surface area contributed by atoms with Crippen molar-refractivity contribution in [2.24, 2.45) is 5.41 Å². The van der Waals surface area contributed by atoms with Crippen molar-refractivity contribution < 1.29 is 29.8 Å². The number of carboxylic acids is 1. The summed E-state index contributed by atoms with van der Waals surface area (Å²) < 4.78 is 0. The number of phenols is 2. The van der Waals surface area contributed by atoms with Gasteiger partial charge < -0.3 is 20.1 Å². The SMILES string of the molecule is CC(C)(CC(=O)c1cc(O)c(O)c([N+](=O)[O-])c1)C(=O)[O-]. The fourth-order valence-corrected chi connectivity index (χ4v) is 1.48. The lowest BCUT2D eigenvalue weighted by molar-refractivity contribution is -0.386. The normalized spacial score (nSPS) is 11.1. The van der Waals surface area contributed by atoms with Crippen LogP contribution < -0.4 is 5.11 Å². The zero-order valence-electron chi connectivity index (χ0n) is 10.7. The monoisotopic (exact) mass is 282 g/mol. The number of carbonyl (C=O) groups is 2. The van der Waals surface area contributed by atoms with Gasteiger partial charge in [0, 0.05) is 29.4 Å². The molecule has 0 aliphatic rings. The zero-order valence-corrected chi connectivity index (χ0v) is 10.7. The van der Waals surface area contributed by atoms with Gasteiger partial charge in [-0.15, -0.1) is 0 Å². The van der Waals surface area contributed by atoms with Crippen molar-refractivity contribution in [3.63, 3.8) is 0 Å².